The van der Waals surface area contributed by atoms with Crippen LogP contribution in [0.15, 0.2) is 42.7 Å². The van der Waals surface area contributed by atoms with Gasteiger partial charge in [-0.05, 0) is 18.6 Å². The highest BCUT2D eigenvalue weighted by molar-refractivity contribution is 5.98. The summed E-state index contributed by atoms with van der Waals surface area (Å²) in [5.74, 6) is 0.174. The Labute approximate surface area is 150 Å². The number of hydrogen-bond donors (Lipinski definition) is 1. The van der Waals surface area contributed by atoms with Crippen molar-refractivity contribution in [2.75, 3.05) is 24.5 Å². The first-order valence-electron chi connectivity index (χ1n) is 8.90. The van der Waals surface area contributed by atoms with E-state index in [9.17, 15) is 9.59 Å². The summed E-state index contributed by atoms with van der Waals surface area (Å²) < 4.78 is 1.87. The number of fused-ring (bicyclic) bond motifs is 1. The molecule has 7 heteroatoms. The molecule has 132 valence electrons. The standard InChI is InChI=1S/C19H19N5O2/c25-18-6-3-7-23(18)14-9-20-24(12-14)15-10-22(11-15)19(26)17-8-13-4-1-2-5-16(13)21-17/h1-2,4-5,8-9,12,15,21H,3,6-7,10-11H2. The zero-order valence-corrected chi connectivity index (χ0v) is 14.3. The molecule has 1 aromatic carbocycles. The third kappa shape index (κ3) is 2.39. The van der Waals surface area contributed by atoms with E-state index in [0.29, 0.717) is 25.2 Å². The van der Waals surface area contributed by atoms with E-state index >= 15 is 0 Å². The summed E-state index contributed by atoms with van der Waals surface area (Å²) in [6.07, 6.45) is 5.17. The molecule has 0 saturated carbocycles. The molecule has 0 radical (unpaired) electrons. The van der Waals surface area contributed by atoms with Crippen LogP contribution in [0.4, 0.5) is 5.69 Å². The van der Waals surface area contributed by atoms with Crippen LogP contribution in [0.3, 0.4) is 0 Å². The minimum absolute atomic E-state index is 0.0135. The predicted octanol–water partition coefficient (Wildman–Crippen LogP) is 2.19. The molecular weight excluding hydrogens is 330 g/mol. The maximum Gasteiger partial charge on any atom is 0.270 e. The largest absolute Gasteiger partial charge is 0.351 e. The van der Waals surface area contributed by atoms with E-state index in [1.165, 1.54) is 0 Å². The van der Waals surface area contributed by atoms with Crippen LogP contribution in [-0.4, -0.2) is 51.1 Å². The van der Waals surface area contributed by atoms with Gasteiger partial charge in [0.05, 0.1) is 17.9 Å². The molecule has 2 aromatic heterocycles. The molecule has 0 unspecified atom stereocenters. The van der Waals surface area contributed by atoms with Gasteiger partial charge in [-0.3, -0.25) is 14.3 Å². The van der Waals surface area contributed by atoms with Crippen LogP contribution in [0.25, 0.3) is 10.9 Å². The van der Waals surface area contributed by atoms with Gasteiger partial charge in [0, 0.05) is 43.2 Å². The number of hydrogen-bond acceptors (Lipinski definition) is 3. The van der Waals surface area contributed by atoms with Crippen molar-refractivity contribution < 1.29 is 9.59 Å². The summed E-state index contributed by atoms with van der Waals surface area (Å²) in [5.41, 5.74) is 2.45. The smallest absolute Gasteiger partial charge is 0.270 e. The van der Waals surface area contributed by atoms with E-state index in [0.717, 1.165) is 29.6 Å². The van der Waals surface area contributed by atoms with Gasteiger partial charge < -0.3 is 14.8 Å². The van der Waals surface area contributed by atoms with Gasteiger partial charge in [0.15, 0.2) is 0 Å². The van der Waals surface area contributed by atoms with Crippen molar-refractivity contribution in [2.24, 2.45) is 0 Å². The van der Waals surface area contributed by atoms with Crippen LogP contribution in [0.1, 0.15) is 29.4 Å². The number of anilines is 1. The van der Waals surface area contributed by atoms with Gasteiger partial charge in [-0.1, -0.05) is 18.2 Å². The van der Waals surface area contributed by atoms with Crippen LogP contribution in [0, 0.1) is 0 Å². The van der Waals surface area contributed by atoms with Gasteiger partial charge in [-0.25, -0.2) is 0 Å². The number of benzene rings is 1. The number of nitrogens with one attached hydrogen (secondary N) is 1. The van der Waals surface area contributed by atoms with E-state index < -0.39 is 0 Å². The zero-order valence-electron chi connectivity index (χ0n) is 14.3. The number of nitrogens with zero attached hydrogens (tertiary/aromatic N) is 4. The first-order chi connectivity index (χ1) is 12.7. The SMILES string of the molecule is O=C(c1cc2ccccc2[nH]1)N1CC(n2cc(N3CCCC3=O)cn2)C1. The van der Waals surface area contributed by atoms with Crippen molar-refractivity contribution in [1.29, 1.82) is 0 Å². The Kier molecular flexibility index (Phi) is 3.34. The number of carbonyl (C=O) groups is 2. The Bertz CT molecular complexity index is 965. The lowest BCUT2D eigenvalue weighted by atomic mass is 10.1. The first-order valence-corrected chi connectivity index (χ1v) is 8.90. The lowest BCUT2D eigenvalue weighted by Crippen LogP contribution is -2.51. The Hall–Kier alpha value is -3.09. The average molecular weight is 349 g/mol. The predicted molar refractivity (Wildman–Crippen MR) is 97.1 cm³/mol. The number of carbonyl (C=O) groups excluding carboxylic acids is 2. The molecule has 4 heterocycles. The number of amides is 2. The highest BCUT2D eigenvalue weighted by atomic mass is 16.2. The molecule has 5 rings (SSSR count). The molecule has 0 atom stereocenters. The second-order valence-corrected chi connectivity index (χ2v) is 6.96. The second kappa shape index (κ2) is 5.72. The molecule has 2 fully saturated rings. The van der Waals surface area contributed by atoms with E-state index in [2.05, 4.69) is 10.1 Å². The Morgan fingerprint density at radius 3 is 2.85 bits per heavy atom. The Balaban J connectivity index is 1.26. The molecule has 2 aliphatic rings. The lowest BCUT2D eigenvalue weighted by molar-refractivity contribution is -0.117. The van der Waals surface area contributed by atoms with E-state index in [-0.39, 0.29) is 17.9 Å². The summed E-state index contributed by atoms with van der Waals surface area (Å²) in [6, 6.07) is 9.94. The summed E-state index contributed by atoms with van der Waals surface area (Å²) >= 11 is 0. The molecule has 0 spiro atoms. The third-order valence-electron chi connectivity index (χ3n) is 5.26. The lowest BCUT2D eigenvalue weighted by Gasteiger charge is -2.38. The summed E-state index contributed by atoms with van der Waals surface area (Å²) in [5, 5.41) is 5.44. The number of para-hydroxylation sites is 1. The minimum Gasteiger partial charge on any atom is -0.351 e. The first kappa shape index (κ1) is 15.2. The van der Waals surface area contributed by atoms with Crippen molar-refractivity contribution in [3.8, 4) is 0 Å². The molecular formula is C19H19N5O2. The molecule has 0 aliphatic carbocycles. The summed E-state index contributed by atoms with van der Waals surface area (Å²) in [7, 11) is 0. The molecule has 7 nitrogen and oxygen atoms in total. The second-order valence-electron chi connectivity index (χ2n) is 6.96. The van der Waals surface area contributed by atoms with E-state index in [1.807, 2.05) is 46.1 Å². The highest BCUT2D eigenvalue weighted by Gasteiger charge is 2.34. The number of aromatic nitrogens is 3. The van der Waals surface area contributed by atoms with Gasteiger partial charge in [0.25, 0.3) is 5.91 Å². The van der Waals surface area contributed by atoms with Gasteiger partial charge in [0.2, 0.25) is 5.91 Å². The van der Waals surface area contributed by atoms with Crippen LogP contribution < -0.4 is 4.90 Å². The van der Waals surface area contributed by atoms with Crippen molar-refractivity contribution in [3.05, 3.63) is 48.4 Å². The summed E-state index contributed by atoms with van der Waals surface area (Å²) in [4.78, 5) is 31.3. The van der Waals surface area contributed by atoms with Gasteiger partial charge in [0.1, 0.15) is 5.69 Å². The molecule has 0 bridgehead atoms. The Morgan fingerprint density at radius 1 is 1.23 bits per heavy atom. The molecule has 2 saturated heterocycles. The van der Waals surface area contributed by atoms with Gasteiger partial charge in [-0.15, -0.1) is 0 Å². The number of aromatic amines is 1. The third-order valence-corrected chi connectivity index (χ3v) is 5.26. The van der Waals surface area contributed by atoms with Crippen LogP contribution in [-0.2, 0) is 4.79 Å². The molecule has 3 aromatic rings. The molecule has 26 heavy (non-hydrogen) atoms. The fourth-order valence-corrected chi connectivity index (χ4v) is 3.74. The monoisotopic (exact) mass is 349 g/mol. The molecule has 2 amide bonds. The fraction of sp³-hybridized carbons (Fsp3) is 0.316. The zero-order chi connectivity index (χ0) is 17.7. The quantitative estimate of drug-likeness (QED) is 0.788. The normalized spacial score (nSPS) is 17.9. The van der Waals surface area contributed by atoms with Crippen molar-refractivity contribution in [1.82, 2.24) is 19.7 Å². The van der Waals surface area contributed by atoms with Crippen molar-refractivity contribution in [2.45, 2.75) is 18.9 Å². The van der Waals surface area contributed by atoms with Gasteiger partial charge >= 0.3 is 0 Å². The summed E-state index contributed by atoms with van der Waals surface area (Å²) in [6.45, 7) is 2.02. The van der Waals surface area contributed by atoms with E-state index in [4.69, 9.17) is 0 Å². The van der Waals surface area contributed by atoms with Crippen LogP contribution >= 0.6 is 0 Å². The number of rotatable bonds is 3. The molecule has 1 N–H and O–H groups in total. The van der Waals surface area contributed by atoms with Crippen LogP contribution in [0.5, 0.6) is 0 Å². The average Bonchev–Trinajstić information content (AvgIpc) is 3.31. The number of likely N-dealkylation sites (tertiary alicyclic amines) is 1. The fourth-order valence-electron chi connectivity index (χ4n) is 3.74. The number of H-pyrrole nitrogens is 1. The minimum atomic E-state index is 0.0135. The molecule has 2 aliphatic heterocycles. The maximum absolute atomic E-state index is 12.6. The maximum atomic E-state index is 12.6. The topological polar surface area (TPSA) is 74.2 Å². The van der Waals surface area contributed by atoms with Crippen LogP contribution in [0.2, 0.25) is 0 Å². The van der Waals surface area contributed by atoms with Crippen molar-refractivity contribution in [3.63, 3.8) is 0 Å². The highest BCUT2D eigenvalue weighted by Crippen LogP contribution is 2.27. The van der Waals surface area contributed by atoms with E-state index in [1.54, 1.807) is 11.1 Å². The van der Waals surface area contributed by atoms with Gasteiger partial charge in [-0.2, -0.15) is 5.10 Å². The Morgan fingerprint density at radius 2 is 2.08 bits per heavy atom. The van der Waals surface area contributed by atoms with Crippen molar-refractivity contribution >= 4 is 28.4 Å².